The van der Waals surface area contributed by atoms with Crippen LogP contribution >= 0.6 is 0 Å². The first-order valence-corrected chi connectivity index (χ1v) is 10.4. The molecule has 0 saturated heterocycles. The van der Waals surface area contributed by atoms with Gasteiger partial charge in [0.05, 0.1) is 12.1 Å². The van der Waals surface area contributed by atoms with Crippen LogP contribution in [0.4, 0.5) is 5.69 Å². The monoisotopic (exact) mass is 394 g/mol. The molecule has 2 rings (SSSR count). The summed E-state index contributed by atoms with van der Waals surface area (Å²) in [5.74, 6) is 0.580. The molecule has 2 aromatic rings. The first-order valence-electron chi connectivity index (χ1n) is 10.4. The fourth-order valence-corrected chi connectivity index (χ4v) is 3.63. The standard InChI is InChI=1S/C25H34N2O2/c1-17(2)22-11-8-12-23(18(3)4)25(22)27(20(6)28)14-13-26-24(29)16-21-10-7-9-19(5)15-21/h7-12,15,17-18H,13-14,16H2,1-6H3,(H,26,29). The van der Waals surface area contributed by atoms with Gasteiger partial charge in [-0.1, -0.05) is 75.7 Å². The van der Waals surface area contributed by atoms with Gasteiger partial charge in [0.15, 0.2) is 0 Å². The lowest BCUT2D eigenvalue weighted by molar-refractivity contribution is -0.121. The summed E-state index contributed by atoms with van der Waals surface area (Å²) < 4.78 is 0. The van der Waals surface area contributed by atoms with E-state index >= 15 is 0 Å². The summed E-state index contributed by atoms with van der Waals surface area (Å²) in [5, 5.41) is 2.97. The molecular weight excluding hydrogens is 360 g/mol. The molecular formula is C25H34N2O2. The van der Waals surface area contributed by atoms with E-state index in [4.69, 9.17) is 0 Å². The molecule has 0 atom stereocenters. The van der Waals surface area contributed by atoms with Gasteiger partial charge in [0, 0.05) is 20.0 Å². The highest BCUT2D eigenvalue weighted by Crippen LogP contribution is 2.35. The van der Waals surface area contributed by atoms with E-state index in [1.165, 1.54) is 0 Å². The van der Waals surface area contributed by atoms with Crippen LogP contribution in [0.1, 0.15) is 68.7 Å². The van der Waals surface area contributed by atoms with Gasteiger partial charge in [-0.3, -0.25) is 9.59 Å². The number of nitrogens with zero attached hydrogens (tertiary/aromatic N) is 1. The summed E-state index contributed by atoms with van der Waals surface area (Å²) in [5.41, 5.74) is 5.47. The molecule has 156 valence electrons. The molecule has 0 heterocycles. The summed E-state index contributed by atoms with van der Waals surface area (Å²) in [6, 6.07) is 14.2. The van der Waals surface area contributed by atoms with Gasteiger partial charge in [-0.05, 0) is 35.4 Å². The fourth-order valence-electron chi connectivity index (χ4n) is 3.63. The zero-order valence-electron chi connectivity index (χ0n) is 18.6. The molecule has 0 aliphatic rings. The zero-order chi connectivity index (χ0) is 21.6. The third-order valence-corrected chi connectivity index (χ3v) is 5.10. The lowest BCUT2D eigenvalue weighted by atomic mass is 9.92. The number of hydrogen-bond acceptors (Lipinski definition) is 2. The van der Waals surface area contributed by atoms with Gasteiger partial charge in [-0.15, -0.1) is 0 Å². The zero-order valence-corrected chi connectivity index (χ0v) is 18.6. The van der Waals surface area contributed by atoms with Crippen LogP contribution in [0.3, 0.4) is 0 Å². The van der Waals surface area contributed by atoms with E-state index in [1.807, 2.05) is 36.1 Å². The minimum Gasteiger partial charge on any atom is -0.354 e. The maximum atomic E-state index is 12.5. The van der Waals surface area contributed by atoms with Crippen molar-refractivity contribution >= 4 is 17.5 Å². The van der Waals surface area contributed by atoms with E-state index in [-0.39, 0.29) is 11.8 Å². The molecule has 29 heavy (non-hydrogen) atoms. The third kappa shape index (κ3) is 6.18. The number of amides is 2. The number of benzene rings is 2. The minimum atomic E-state index is -0.0275. The molecule has 2 amide bonds. The van der Waals surface area contributed by atoms with Crippen LogP contribution in [-0.4, -0.2) is 24.9 Å². The van der Waals surface area contributed by atoms with Crippen LogP contribution in [0.2, 0.25) is 0 Å². The van der Waals surface area contributed by atoms with Crippen LogP contribution in [0.5, 0.6) is 0 Å². The van der Waals surface area contributed by atoms with Gasteiger partial charge in [-0.25, -0.2) is 0 Å². The molecule has 0 unspecified atom stereocenters. The van der Waals surface area contributed by atoms with Crippen LogP contribution in [-0.2, 0) is 16.0 Å². The summed E-state index contributed by atoms with van der Waals surface area (Å²) in [6.07, 6.45) is 0.349. The lowest BCUT2D eigenvalue weighted by Gasteiger charge is -2.29. The number of aryl methyl sites for hydroxylation is 1. The first-order chi connectivity index (χ1) is 13.7. The largest absolute Gasteiger partial charge is 0.354 e. The van der Waals surface area contributed by atoms with Crippen molar-refractivity contribution in [1.82, 2.24) is 5.32 Å². The summed E-state index contributed by atoms with van der Waals surface area (Å²) >= 11 is 0. The Balaban J connectivity index is 2.13. The van der Waals surface area contributed by atoms with E-state index < -0.39 is 0 Å². The van der Waals surface area contributed by atoms with Crippen LogP contribution < -0.4 is 10.2 Å². The number of carbonyl (C=O) groups excluding carboxylic acids is 2. The molecule has 0 aliphatic carbocycles. The van der Waals surface area contributed by atoms with Crippen LogP contribution in [0, 0.1) is 6.92 Å². The predicted molar refractivity (Wildman–Crippen MR) is 121 cm³/mol. The van der Waals surface area contributed by atoms with Gasteiger partial charge in [-0.2, -0.15) is 0 Å². The smallest absolute Gasteiger partial charge is 0.224 e. The molecule has 0 spiro atoms. The normalized spacial score (nSPS) is 11.0. The maximum Gasteiger partial charge on any atom is 0.224 e. The van der Waals surface area contributed by atoms with Crippen molar-refractivity contribution in [2.45, 2.75) is 59.8 Å². The van der Waals surface area contributed by atoms with Crippen molar-refractivity contribution in [2.24, 2.45) is 0 Å². The highest BCUT2D eigenvalue weighted by atomic mass is 16.2. The maximum absolute atomic E-state index is 12.5. The summed E-state index contributed by atoms with van der Waals surface area (Å²) in [6.45, 7) is 13.1. The van der Waals surface area contributed by atoms with E-state index in [0.29, 0.717) is 31.3 Å². The highest BCUT2D eigenvalue weighted by Gasteiger charge is 2.22. The number of para-hydroxylation sites is 1. The Morgan fingerprint density at radius 2 is 1.55 bits per heavy atom. The van der Waals surface area contributed by atoms with Crippen molar-refractivity contribution in [2.75, 3.05) is 18.0 Å². The second kappa shape index (κ2) is 10.2. The first kappa shape index (κ1) is 22.7. The topological polar surface area (TPSA) is 49.4 Å². The average molecular weight is 395 g/mol. The fraction of sp³-hybridized carbons (Fsp3) is 0.440. The Bertz CT molecular complexity index is 829. The molecule has 0 aliphatic heterocycles. The van der Waals surface area contributed by atoms with Gasteiger partial charge in [0.25, 0.3) is 0 Å². The molecule has 4 nitrogen and oxygen atoms in total. The SMILES string of the molecule is CC(=O)N(CCNC(=O)Cc1cccc(C)c1)c1c(C(C)C)cccc1C(C)C. The minimum absolute atomic E-state index is 0.00654. The highest BCUT2D eigenvalue weighted by molar-refractivity contribution is 5.93. The predicted octanol–water partition coefficient (Wildman–Crippen LogP) is 4.95. The van der Waals surface area contributed by atoms with Crippen molar-refractivity contribution in [1.29, 1.82) is 0 Å². The van der Waals surface area contributed by atoms with E-state index in [0.717, 1.165) is 27.9 Å². The Labute approximate surface area is 175 Å². The van der Waals surface area contributed by atoms with E-state index in [1.54, 1.807) is 6.92 Å². The Morgan fingerprint density at radius 3 is 2.07 bits per heavy atom. The van der Waals surface area contributed by atoms with Gasteiger partial charge >= 0.3 is 0 Å². The second-order valence-electron chi connectivity index (χ2n) is 8.28. The quantitative estimate of drug-likeness (QED) is 0.688. The molecule has 1 N–H and O–H groups in total. The molecule has 0 fully saturated rings. The van der Waals surface area contributed by atoms with E-state index in [9.17, 15) is 9.59 Å². The van der Waals surface area contributed by atoms with Crippen molar-refractivity contribution in [3.8, 4) is 0 Å². The van der Waals surface area contributed by atoms with Crippen molar-refractivity contribution in [3.63, 3.8) is 0 Å². The second-order valence-corrected chi connectivity index (χ2v) is 8.28. The number of hydrogen-bond donors (Lipinski definition) is 1. The molecule has 0 radical (unpaired) electrons. The Morgan fingerprint density at radius 1 is 0.966 bits per heavy atom. The number of carbonyl (C=O) groups is 2. The van der Waals surface area contributed by atoms with Gasteiger partial charge < -0.3 is 10.2 Å². The molecule has 0 aromatic heterocycles. The van der Waals surface area contributed by atoms with Crippen LogP contribution in [0.25, 0.3) is 0 Å². The van der Waals surface area contributed by atoms with Crippen LogP contribution in [0.15, 0.2) is 42.5 Å². The molecule has 2 aromatic carbocycles. The number of rotatable bonds is 8. The average Bonchev–Trinajstić information content (AvgIpc) is 2.64. The third-order valence-electron chi connectivity index (χ3n) is 5.10. The Hall–Kier alpha value is -2.62. The van der Waals surface area contributed by atoms with E-state index in [2.05, 4.69) is 51.2 Å². The number of anilines is 1. The molecule has 0 bridgehead atoms. The Kier molecular flexibility index (Phi) is 8.00. The number of nitrogens with one attached hydrogen (secondary N) is 1. The van der Waals surface area contributed by atoms with Gasteiger partial charge in [0.1, 0.15) is 0 Å². The summed E-state index contributed by atoms with van der Waals surface area (Å²) in [7, 11) is 0. The molecule has 4 heteroatoms. The van der Waals surface area contributed by atoms with Crippen molar-refractivity contribution < 1.29 is 9.59 Å². The summed E-state index contributed by atoms with van der Waals surface area (Å²) in [4.78, 5) is 26.7. The van der Waals surface area contributed by atoms with Gasteiger partial charge in [0.2, 0.25) is 11.8 Å². The molecule has 0 saturated carbocycles. The van der Waals surface area contributed by atoms with Crippen molar-refractivity contribution in [3.05, 3.63) is 64.7 Å². The lowest BCUT2D eigenvalue weighted by Crippen LogP contribution is -2.39.